The zero-order valence-electron chi connectivity index (χ0n) is 14.6. The second kappa shape index (κ2) is 8.19. The van der Waals surface area contributed by atoms with E-state index in [1.807, 2.05) is 20.8 Å². The molecule has 7 heteroatoms. The predicted molar refractivity (Wildman–Crippen MR) is 97.3 cm³/mol. The van der Waals surface area contributed by atoms with Crippen molar-refractivity contribution in [2.75, 3.05) is 18.1 Å². The molecule has 0 saturated carbocycles. The van der Waals surface area contributed by atoms with Gasteiger partial charge in [0, 0.05) is 11.4 Å². The van der Waals surface area contributed by atoms with Crippen LogP contribution in [0.4, 0.5) is 5.69 Å². The highest BCUT2D eigenvalue weighted by Crippen LogP contribution is 2.24. The monoisotopic (exact) mass is 348 g/mol. The summed E-state index contributed by atoms with van der Waals surface area (Å²) >= 11 is 1.76. The normalized spacial score (nSPS) is 10.8. The standard InChI is InChI=1S/C17H24N4O2S/c1-5-23-17(22)15-10(2)16(18)12(4)21-13(15)6-7-24-8-14-11(3)19-9-20-14/h9H,5-8,18H2,1-4H3,(H,19,20). The van der Waals surface area contributed by atoms with Crippen LogP contribution in [0.2, 0.25) is 0 Å². The maximum atomic E-state index is 12.3. The molecule has 0 aliphatic heterocycles. The summed E-state index contributed by atoms with van der Waals surface area (Å²) in [7, 11) is 0. The summed E-state index contributed by atoms with van der Waals surface area (Å²) in [6.07, 6.45) is 2.39. The van der Waals surface area contributed by atoms with Crippen molar-refractivity contribution >= 4 is 23.4 Å². The average molecular weight is 348 g/mol. The maximum Gasteiger partial charge on any atom is 0.340 e. The summed E-state index contributed by atoms with van der Waals surface area (Å²) in [5, 5.41) is 0. The number of nitrogen functional groups attached to an aromatic ring is 1. The molecule has 2 aromatic rings. The highest BCUT2D eigenvalue weighted by atomic mass is 32.2. The van der Waals surface area contributed by atoms with Crippen molar-refractivity contribution in [2.24, 2.45) is 0 Å². The number of esters is 1. The number of aromatic amines is 1. The molecule has 2 rings (SSSR count). The fraction of sp³-hybridized carbons (Fsp3) is 0.471. The van der Waals surface area contributed by atoms with Crippen LogP contribution in [0.3, 0.4) is 0 Å². The van der Waals surface area contributed by atoms with E-state index in [1.165, 1.54) is 0 Å². The molecule has 0 atom stereocenters. The predicted octanol–water partition coefficient (Wildman–Crippen LogP) is 2.96. The lowest BCUT2D eigenvalue weighted by molar-refractivity contribution is 0.0523. The quantitative estimate of drug-likeness (QED) is 0.590. The van der Waals surface area contributed by atoms with E-state index in [0.29, 0.717) is 24.3 Å². The Morgan fingerprint density at radius 3 is 2.71 bits per heavy atom. The van der Waals surface area contributed by atoms with Crippen molar-refractivity contribution < 1.29 is 9.53 Å². The third-order valence-corrected chi connectivity index (χ3v) is 4.87. The van der Waals surface area contributed by atoms with Crippen LogP contribution in [-0.4, -0.2) is 33.3 Å². The number of thioether (sulfide) groups is 1. The summed E-state index contributed by atoms with van der Waals surface area (Å²) in [6.45, 7) is 7.84. The van der Waals surface area contributed by atoms with Crippen LogP contribution in [0.25, 0.3) is 0 Å². The Morgan fingerprint density at radius 2 is 2.08 bits per heavy atom. The number of anilines is 1. The number of hydrogen-bond donors (Lipinski definition) is 2. The van der Waals surface area contributed by atoms with Gasteiger partial charge in [-0.05, 0) is 45.4 Å². The van der Waals surface area contributed by atoms with E-state index >= 15 is 0 Å². The molecule has 0 radical (unpaired) electrons. The molecule has 2 heterocycles. The molecule has 2 aromatic heterocycles. The lowest BCUT2D eigenvalue weighted by Gasteiger charge is -2.14. The highest BCUT2D eigenvalue weighted by molar-refractivity contribution is 7.98. The molecule has 0 amide bonds. The summed E-state index contributed by atoms with van der Waals surface area (Å²) in [6, 6.07) is 0. The second-order valence-electron chi connectivity index (χ2n) is 5.55. The van der Waals surface area contributed by atoms with Gasteiger partial charge >= 0.3 is 5.97 Å². The minimum Gasteiger partial charge on any atom is -0.462 e. The van der Waals surface area contributed by atoms with Crippen molar-refractivity contribution in [1.29, 1.82) is 0 Å². The lowest BCUT2D eigenvalue weighted by atomic mass is 10.0. The van der Waals surface area contributed by atoms with Crippen LogP contribution < -0.4 is 5.73 Å². The number of nitrogens with one attached hydrogen (secondary N) is 1. The number of nitrogens with two attached hydrogens (primary N) is 1. The zero-order chi connectivity index (χ0) is 17.7. The fourth-order valence-electron chi connectivity index (χ4n) is 2.47. The molecular formula is C17H24N4O2S. The van der Waals surface area contributed by atoms with Gasteiger partial charge in [-0.25, -0.2) is 9.78 Å². The Labute approximate surface area is 146 Å². The van der Waals surface area contributed by atoms with Crippen LogP contribution in [0.15, 0.2) is 6.33 Å². The van der Waals surface area contributed by atoms with Crippen LogP contribution in [0.5, 0.6) is 0 Å². The Kier molecular flexibility index (Phi) is 6.25. The number of carbonyl (C=O) groups is 1. The molecule has 0 spiro atoms. The number of imidazole rings is 1. The van der Waals surface area contributed by atoms with Crippen LogP contribution in [-0.2, 0) is 16.9 Å². The van der Waals surface area contributed by atoms with E-state index in [2.05, 4.69) is 15.0 Å². The highest BCUT2D eigenvalue weighted by Gasteiger charge is 2.20. The van der Waals surface area contributed by atoms with Crippen LogP contribution >= 0.6 is 11.8 Å². The first kappa shape index (κ1) is 18.3. The van der Waals surface area contributed by atoms with Crippen molar-refractivity contribution in [2.45, 2.75) is 39.9 Å². The van der Waals surface area contributed by atoms with Gasteiger partial charge in [-0.3, -0.25) is 4.98 Å². The molecule has 0 aliphatic carbocycles. The van der Waals surface area contributed by atoms with E-state index in [0.717, 1.165) is 39.8 Å². The third kappa shape index (κ3) is 4.08. The van der Waals surface area contributed by atoms with Gasteiger partial charge in [0.1, 0.15) is 0 Å². The van der Waals surface area contributed by atoms with Crippen molar-refractivity contribution in [1.82, 2.24) is 15.0 Å². The average Bonchev–Trinajstić information content (AvgIpc) is 2.94. The number of carbonyl (C=O) groups excluding carboxylic acids is 1. The Morgan fingerprint density at radius 1 is 1.33 bits per heavy atom. The minimum atomic E-state index is -0.350. The molecule has 130 valence electrons. The van der Waals surface area contributed by atoms with Gasteiger partial charge in [-0.15, -0.1) is 0 Å². The van der Waals surface area contributed by atoms with E-state index in [9.17, 15) is 4.79 Å². The fourth-order valence-corrected chi connectivity index (χ4v) is 3.43. The number of pyridine rings is 1. The molecule has 0 aliphatic rings. The molecule has 0 unspecified atom stereocenters. The summed E-state index contributed by atoms with van der Waals surface area (Å²) in [5.41, 5.74) is 11.5. The number of H-pyrrole nitrogens is 1. The molecule has 0 saturated heterocycles. The van der Waals surface area contributed by atoms with Crippen molar-refractivity contribution in [3.63, 3.8) is 0 Å². The third-order valence-electron chi connectivity index (χ3n) is 3.90. The molecular weight excluding hydrogens is 324 g/mol. The van der Waals surface area contributed by atoms with E-state index < -0.39 is 0 Å². The second-order valence-corrected chi connectivity index (χ2v) is 6.66. The van der Waals surface area contributed by atoms with Gasteiger partial charge < -0.3 is 15.5 Å². The molecule has 0 aromatic carbocycles. The number of aryl methyl sites for hydroxylation is 3. The van der Waals surface area contributed by atoms with Crippen LogP contribution in [0, 0.1) is 20.8 Å². The van der Waals surface area contributed by atoms with Gasteiger partial charge in [-0.2, -0.15) is 11.8 Å². The largest absolute Gasteiger partial charge is 0.462 e. The van der Waals surface area contributed by atoms with Gasteiger partial charge in [0.25, 0.3) is 0 Å². The van der Waals surface area contributed by atoms with Gasteiger partial charge in [0.2, 0.25) is 0 Å². The maximum absolute atomic E-state index is 12.3. The first-order valence-electron chi connectivity index (χ1n) is 7.94. The van der Waals surface area contributed by atoms with Gasteiger partial charge in [0.05, 0.1) is 41.3 Å². The number of ether oxygens (including phenoxy) is 1. The first-order valence-corrected chi connectivity index (χ1v) is 9.10. The molecule has 0 bridgehead atoms. The first-order chi connectivity index (χ1) is 11.5. The molecule has 3 N–H and O–H groups in total. The Balaban J connectivity index is 2.10. The van der Waals surface area contributed by atoms with Crippen molar-refractivity contribution in [3.8, 4) is 0 Å². The van der Waals surface area contributed by atoms with E-state index in [-0.39, 0.29) is 5.97 Å². The van der Waals surface area contributed by atoms with E-state index in [4.69, 9.17) is 10.5 Å². The topological polar surface area (TPSA) is 93.9 Å². The smallest absolute Gasteiger partial charge is 0.340 e. The summed E-state index contributed by atoms with van der Waals surface area (Å²) in [5.74, 6) is 1.32. The van der Waals surface area contributed by atoms with Crippen LogP contribution in [0.1, 0.15) is 45.6 Å². The Bertz CT molecular complexity index is 728. The van der Waals surface area contributed by atoms with Gasteiger partial charge in [-0.1, -0.05) is 0 Å². The van der Waals surface area contributed by atoms with E-state index in [1.54, 1.807) is 25.0 Å². The minimum absolute atomic E-state index is 0.332. The molecule has 6 nitrogen and oxygen atoms in total. The molecule has 24 heavy (non-hydrogen) atoms. The van der Waals surface area contributed by atoms with Gasteiger partial charge in [0.15, 0.2) is 0 Å². The summed E-state index contributed by atoms with van der Waals surface area (Å²) < 4.78 is 5.17. The zero-order valence-corrected chi connectivity index (χ0v) is 15.4. The molecule has 0 fully saturated rings. The SMILES string of the molecule is CCOC(=O)c1c(CCSCc2nc[nH]c2C)nc(C)c(N)c1C. The summed E-state index contributed by atoms with van der Waals surface area (Å²) in [4.78, 5) is 24.2. The Hall–Kier alpha value is -2.02. The number of nitrogens with zero attached hydrogens (tertiary/aromatic N) is 2. The number of hydrogen-bond acceptors (Lipinski definition) is 6. The van der Waals surface area contributed by atoms with Crippen molar-refractivity contribution in [3.05, 3.63) is 40.2 Å². The lowest BCUT2D eigenvalue weighted by Crippen LogP contribution is -2.15. The number of rotatable bonds is 7. The number of aromatic nitrogens is 3.